The predicted molar refractivity (Wildman–Crippen MR) is 96.2 cm³/mol. The number of aryl methyl sites for hydroxylation is 2. The Bertz CT molecular complexity index is 994. The van der Waals surface area contributed by atoms with Crippen LogP contribution in [0.5, 0.6) is 0 Å². The molecule has 2 aromatic carbocycles. The fraction of sp³-hybridized carbons (Fsp3) is 0.105. The van der Waals surface area contributed by atoms with Crippen molar-refractivity contribution in [2.24, 2.45) is 0 Å². The highest BCUT2D eigenvalue weighted by molar-refractivity contribution is 9.10. The first-order valence-electron chi connectivity index (χ1n) is 7.27. The summed E-state index contributed by atoms with van der Waals surface area (Å²) in [4.78, 5) is 7.96. The van der Waals surface area contributed by atoms with Gasteiger partial charge >= 0.3 is 0 Å². The minimum atomic E-state index is 1.05. The molecular weight excluding hydrogens is 336 g/mol. The zero-order valence-electron chi connectivity index (χ0n) is 12.4. The third kappa shape index (κ3) is 2.22. The number of halogens is 1. The van der Waals surface area contributed by atoms with Crippen LogP contribution < -0.4 is 0 Å². The third-order valence-electron chi connectivity index (χ3n) is 3.98. The molecule has 0 radical (unpaired) electrons. The predicted octanol–water partition coefficient (Wildman–Crippen LogP) is 5.76. The lowest BCUT2D eigenvalue weighted by Gasteiger charge is -2.05. The Morgan fingerprint density at radius 2 is 1.55 bits per heavy atom. The molecule has 2 aromatic heterocycles. The van der Waals surface area contributed by atoms with Crippen LogP contribution in [0.3, 0.4) is 0 Å². The van der Waals surface area contributed by atoms with Crippen LogP contribution in [-0.4, -0.2) is 9.97 Å². The molecule has 0 spiro atoms. The van der Waals surface area contributed by atoms with Gasteiger partial charge in [0.2, 0.25) is 0 Å². The molecule has 0 saturated carbocycles. The Morgan fingerprint density at radius 1 is 0.773 bits per heavy atom. The molecule has 0 aliphatic carbocycles. The number of H-pyrrole nitrogens is 1. The zero-order chi connectivity index (χ0) is 15.3. The van der Waals surface area contributed by atoms with Gasteiger partial charge in [0.1, 0.15) is 0 Å². The van der Waals surface area contributed by atoms with Crippen molar-refractivity contribution in [2.45, 2.75) is 13.8 Å². The molecule has 0 saturated heterocycles. The molecule has 4 aromatic rings. The van der Waals surface area contributed by atoms with Gasteiger partial charge in [-0.25, -0.2) is 0 Å². The molecule has 0 atom stereocenters. The van der Waals surface area contributed by atoms with Crippen molar-refractivity contribution < 1.29 is 0 Å². The molecule has 0 fully saturated rings. The molecule has 4 rings (SSSR count). The van der Waals surface area contributed by atoms with E-state index < -0.39 is 0 Å². The molecule has 3 heteroatoms. The lowest BCUT2D eigenvalue weighted by molar-refractivity contribution is 1.12. The van der Waals surface area contributed by atoms with E-state index in [-0.39, 0.29) is 0 Å². The van der Waals surface area contributed by atoms with Crippen LogP contribution in [0, 0.1) is 13.8 Å². The number of hydrogen-bond acceptors (Lipinski definition) is 1. The lowest BCUT2D eigenvalue weighted by Crippen LogP contribution is -1.88. The van der Waals surface area contributed by atoms with E-state index in [1.54, 1.807) is 0 Å². The maximum Gasteiger partial charge on any atom is 0.0471 e. The van der Waals surface area contributed by atoms with Crippen molar-refractivity contribution >= 4 is 37.7 Å². The SMILES string of the molecule is Cc1cc(-c2ccc3c(c2)[nH]c2ccc(Br)cc23)cc(C)n1. The van der Waals surface area contributed by atoms with Crippen molar-refractivity contribution in [3.05, 3.63) is 64.4 Å². The summed E-state index contributed by atoms with van der Waals surface area (Å²) in [6.07, 6.45) is 0. The first-order chi connectivity index (χ1) is 10.6. The summed E-state index contributed by atoms with van der Waals surface area (Å²) in [5.41, 5.74) is 6.86. The average Bonchev–Trinajstić information content (AvgIpc) is 2.83. The first-order valence-corrected chi connectivity index (χ1v) is 8.06. The normalized spacial score (nSPS) is 11.4. The quantitative estimate of drug-likeness (QED) is 0.464. The van der Waals surface area contributed by atoms with Crippen LogP contribution in [0.15, 0.2) is 53.0 Å². The van der Waals surface area contributed by atoms with Crippen LogP contribution >= 0.6 is 15.9 Å². The van der Waals surface area contributed by atoms with Crippen LogP contribution in [0.4, 0.5) is 0 Å². The first kappa shape index (κ1) is 13.5. The number of hydrogen-bond donors (Lipinski definition) is 1. The molecule has 0 unspecified atom stereocenters. The van der Waals surface area contributed by atoms with Crippen molar-refractivity contribution in [1.82, 2.24) is 9.97 Å². The Hall–Kier alpha value is -2.13. The molecular formula is C19H15BrN2. The summed E-state index contributed by atoms with van der Waals surface area (Å²) in [5.74, 6) is 0. The van der Waals surface area contributed by atoms with E-state index in [4.69, 9.17) is 0 Å². The fourth-order valence-corrected chi connectivity index (χ4v) is 3.42. The van der Waals surface area contributed by atoms with Gasteiger partial charge in [-0.1, -0.05) is 28.1 Å². The van der Waals surface area contributed by atoms with E-state index in [0.717, 1.165) is 26.9 Å². The molecule has 0 aliphatic heterocycles. The number of nitrogens with zero attached hydrogens (tertiary/aromatic N) is 1. The van der Waals surface area contributed by atoms with E-state index in [9.17, 15) is 0 Å². The van der Waals surface area contributed by atoms with Gasteiger partial charge in [0.25, 0.3) is 0 Å². The summed E-state index contributed by atoms with van der Waals surface area (Å²) in [7, 11) is 0. The minimum Gasteiger partial charge on any atom is -0.354 e. The van der Waals surface area contributed by atoms with Gasteiger partial charge < -0.3 is 4.98 Å². The molecule has 0 aliphatic rings. The molecule has 2 heterocycles. The number of rotatable bonds is 1. The van der Waals surface area contributed by atoms with Gasteiger partial charge in [0.15, 0.2) is 0 Å². The highest BCUT2D eigenvalue weighted by Gasteiger charge is 2.07. The maximum atomic E-state index is 4.45. The molecule has 108 valence electrons. The molecule has 22 heavy (non-hydrogen) atoms. The van der Waals surface area contributed by atoms with Gasteiger partial charge in [-0.3, -0.25) is 4.98 Å². The Morgan fingerprint density at radius 3 is 2.32 bits per heavy atom. The highest BCUT2D eigenvalue weighted by atomic mass is 79.9. The molecule has 0 bridgehead atoms. The number of aromatic nitrogens is 2. The number of aromatic amines is 1. The van der Waals surface area contributed by atoms with Crippen LogP contribution in [0.1, 0.15) is 11.4 Å². The van der Waals surface area contributed by atoms with E-state index in [0.29, 0.717) is 0 Å². The summed E-state index contributed by atoms with van der Waals surface area (Å²) in [5, 5.41) is 2.50. The lowest BCUT2D eigenvalue weighted by atomic mass is 10.0. The van der Waals surface area contributed by atoms with E-state index in [1.807, 2.05) is 13.8 Å². The third-order valence-corrected chi connectivity index (χ3v) is 4.47. The number of pyridine rings is 1. The smallest absolute Gasteiger partial charge is 0.0471 e. The number of fused-ring (bicyclic) bond motifs is 3. The monoisotopic (exact) mass is 350 g/mol. The standard InChI is InChI=1S/C19H15BrN2/c1-11-7-14(8-12(2)21-11)13-3-5-16-17-10-15(20)4-6-18(17)22-19(16)9-13/h3-10,22H,1-2H3. The van der Waals surface area contributed by atoms with Crippen LogP contribution in [0.25, 0.3) is 32.9 Å². The van der Waals surface area contributed by atoms with Crippen LogP contribution in [0.2, 0.25) is 0 Å². The second kappa shape index (κ2) is 4.96. The van der Waals surface area contributed by atoms with Crippen LogP contribution in [-0.2, 0) is 0 Å². The largest absolute Gasteiger partial charge is 0.354 e. The Kier molecular flexibility index (Phi) is 3.05. The van der Waals surface area contributed by atoms with Gasteiger partial charge in [-0.2, -0.15) is 0 Å². The summed E-state index contributed by atoms with van der Waals surface area (Å²) >= 11 is 3.55. The highest BCUT2D eigenvalue weighted by Crippen LogP contribution is 2.31. The summed E-state index contributed by atoms with van der Waals surface area (Å²) in [6, 6.07) is 17.2. The zero-order valence-corrected chi connectivity index (χ0v) is 14.0. The number of nitrogens with one attached hydrogen (secondary N) is 1. The van der Waals surface area contributed by atoms with E-state index in [1.165, 1.54) is 21.9 Å². The fourth-order valence-electron chi connectivity index (χ4n) is 3.06. The van der Waals surface area contributed by atoms with E-state index in [2.05, 4.69) is 74.4 Å². The molecule has 2 nitrogen and oxygen atoms in total. The van der Waals surface area contributed by atoms with Gasteiger partial charge in [0, 0.05) is 37.7 Å². The molecule has 0 amide bonds. The van der Waals surface area contributed by atoms with Gasteiger partial charge in [0.05, 0.1) is 0 Å². The Balaban J connectivity index is 1.95. The second-order valence-corrected chi connectivity index (χ2v) is 6.63. The summed E-state index contributed by atoms with van der Waals surface area (Å²) < 4.78 is 1.10. The van der Waals surface area contributed by atoms with E-state index >= 15 is 0 Å². The topological polar surface area (TPSA) is 28.7 Å². The minimum absolute atomic E-state index is 1.05. The van der Waals surface area contributed by atoms with Crippen molar-refractivity contribution in [3.8, 4) is 11.1 Å². The second-order valence-electron chi connectivity index (χ2n) is 5.71. The summed E-state index contributed by atoms with van der Waals surface area (Å²) in [6.45, 7) is 4.07. The number of benzene rings is 2. The van der Waals surface area contributed by atoms with Crippen molar-refractivity contribution in [3.63, 3.8) is 0 Å². The maximum absolute atomic E-state index is 4.45. The average molecular weight is 351 g/mol. The van der Waals surface area contributed by atoms with Gasteiger partial charge in [-0.05, 0) is 61.4 Å². The van der Waals surface area contributed by atoms with Crippen molar-refractivity contribution in [2.75, 3.05) is 0 Å². The Labute approximate surface area is 137 Å². The van der Waals surface area contributed by atoms with Gasteiger partial charge in [-0.15, -0.1) is 0 Å². The molecule has 1 N–H and O–H groups in total. The van der Waals surface area contributed by atoms with Crippen molar-refractivity contribution in [1.29, 1.82) is 0 Å².